The normalized spacial score (nSPS) is 10.4. The van der Waals surface area contributed by atoms with Gasteiger partial charge in [0.15, 0.2) is 0 Å². The van der Waals surface area contributed by atoms with E-state index in [9.17, 15) is 0 Å². The van der Waals surface area contributed by atoms with Gasteiger partial charge in [-0.15, -0.1) is 22.2 Å². The van der Waals surface area contributed by atoms with Crippen molar-refractivity contribution in [3.05, 3.63) is 28.7 Å². The lowest BCUT2D eigenvalue weighted by Gasteiger charge is -1.98. The van der Waals surface area contributed by atoms with Gasteiger partial charge in [-0.1, -0.05) is 28.1 Å². The van der Waals surface area contributed by atoms with E-state index in [0.29, 0.717) is 0 Å². The van der Waals surface area contributed by atoms with E-state index in [1.807, 2.05) is 24.3 Å². The van der Waals surface area contributed by atoms with E-state index in [0.717, 1.165) is 9.66 Å². The van der Waals surface area contributed by atoms with Crippen LogP contribution in [0.25, 0.3) is 0 Å². The molecule has 0 aliphatic heterocycles. The molecule has 0 unspecified atom stereocenters. The molecule has 0 aliphatic carbocycles. The van der Waals surface area contributed by atoms with Gasteiger partial charge >= 0.3 is 0 Å². The Morgan fingerprint density at radius 2 is 2.00 bits per heavy atom. The van der Waals surface area contributed by atoms with Gasteiger partial charge in [-0.2, -0.15) is 0 Å². The zero-order chi connectivity index (χ0) is 7.56. The summed E-state index contributed by atoms with van der Waals surface area (Å²) in [5, 5.41) is 1.05. The number of halogens is 3. The van der Waals surface area contributed by atoms with Crippen LogP contribution < -0.4 is 5.19 Å². The maximum atomic E-state index is 5.76. The Morgan fingerprint density at radius 1 is 1.30 bits per heavy atom. The van der Waals surface area contributed by atoms with Gasteiger partial charge < -0.3 is 0 Å². The molecule has 54 valence electrons. The van der Waals surface area contributed by atoms with Crippen molar-refractivity contribution in [1.82, 2.24) is 0 Å². The van der Waals surface area contributed by atoms with E-state index in [1.165, 1.54) is 0 Å². The maximum Gasteiger partial charge on any atom is 0.266 e. The third-order valence-corrected chi connectivity index (χ3v) is 3.97. The molecular formula is C6H5BrCl2Si. The highest BCUT2D eigenvalue weighted by atomic mass is 79.9. The fourth-order valence-corrected chi connectivity index (χ4v) is 2.68. The third-order valence-electron chi connectivity index (χ3n) is 1.10. The summed E-state index contributed by atoms with van der Waals surface area (Å²) in [5.74, 6) is 0. The highest BCUT2D eigenvalue weighted by Gasteiger charge is 2.04. The summed E-state index contributed by atoms with van der Waals surface area (Å²) in [6.45, 7) is 0. The fraction of sp³-hybridized carbons (Fsp3) is 0. The second-order valence-corrected chi connectivity index (χ2v) is 7.33. The second kappa shape index (κ2) is 3.76. The van der Waals surface area contributed by atoms with Crippen molar-refractivity contribution in [3.63, 3.8) is 0 Å². The third kappa shape index (κ3) is 2.27. The number of rotatable bonds is 1. The molecule has 0 saturated heterocycles. The molecule has 0 radical (unpaired) electrons. The summed E-state index contributed by atoms with van der Waals surface area (Å²) in [6, 6.07) is 7.79. The van der Waals surface area contributed by atoms with Crippen LogP contribution in [0.4, 0.5) is 0 Å². The Morgan fingerprint density at radius 3 is 2.40 bits per heavy atom. The molecule has 0 bridgehead atoms. The lowest BCUT2D eigenvalue weighted by atomic mass is 10.4. The second-order valence-electron chi connectivity index (χ2n) is 1.86. The first kappa shape index (κ1) is 8.59. The lowest BCUT2D eigenvalue weighted by molar-refractivity contribution is 1.70. The zero-order valence-electron chi connectivity index (χ0n) is 5.02. The summed E-state index contributed by atoms with van der Waals surface area (Å²) < 4.78 is 1.03. The standard InChI is InChI=1S/C6H5BrCl2Si/c7-5-2-1-3-6(4-5)10(8)9/h1-4,10H. The predicted octanol–water partition coefficient (Wildman–Crippen LogP) is 2.35. The highest BCUT2D eigenvalue weighted by Crippen LogP contribution is 2.07. The summed E-state index contributed by atoms with van der Waals surface area (Å²) >= 11 is 14.9. The van der Waals surface area contributed by atoms with Crippen LogP contribution >= 0.6 is 38.1 Å². The van der Waals surface area contributed by atoms with Gasteiger partial charge in [0.2, 0.25) is 0 Å². The molecule has 0 N–H and O–H groups in total. The quantitative estimate of drug-likeness (QED) is 0.534. The largest absolute Gasteiger partial charge is 0.266 e. The Bertz CT molecular complexity index is 227. The first-order valence-corrected chi connectivity index (χ1v) is 7.60. The SMILES string of the molecule is Cl[SiH](Cl)c1cccc(Br)c1. The van der Waals surface area contributed by atoms with Gasteiger partial charge in [-0.05, 0) is 17.3 Å². The molecule has 0 nitrogen and oxygen atoms in total. The van der Waals surface area contributed by atoms with Crippen LogP contribution in [0.2, 0.25) is 0 Å². The van der Waals surface area contributed by atoms with Crippen LogP contribution in [0.5, 0.6) is 0 Å². The Kier molecular flexibility index (Phi) is 3.23. The molecule has 4 heteroatoms. The monoisotopic (exact) mass is 254 g/mol. The highest BCUT2D eigenvalue weighted by molar-refractivity contribution is 9.10. The van der Waals surface area contributed by atoms with Gasteiger partial charge in [-0.25, -0.2) is 0 Å². The molecule has 1 aromatic rings. The molecule has 0 atom stereocenters. The van der Waals surface area contributed by atoms with Crippen molar-refractivity contribution >= 4 is 50.7 Å². The van der Waals surface area contributed by atoms with Crippen LogP contribution in [0.3, 0.4) is 0 Å². The molecular weight excluding hydrogens is 251 g/mol. The van der Waals surface area contributed by atoms with Gasteiger partial charge in [0.05, 0.1) is 0 Å². The minimum atomic E-state index is -1.64. The van der Waals surface area contributed by atoms with Crippen LogP contribution in [0.15, 0.2) is 28.7 Å². The topological polar surface area (TPSA) is 0 Å². The average molecular weight is 256 g/mol. The van der Waals surface area contributed by atoms with Crippen molar-refractivity contribution in [3.8, 4) is 0 Å². The first-order valence-electron chi connectivity index (χ1n) is 2.74. The van der Waals surface area contributed by atoms with Crippen LogP contribution in [-0.2, 0) is 0 Å². The maximum absolute atomic E-state index is 5.76. The van der Waals surface area contributed by atoms with Gasteiger partial charge in [0, 0.05) is 4.47 Å². The summed E-state index contributed by atoms with van der Waals surface area (Å²) in [4.78, 5) is 0. The molecule has 0 heterocycles. The van der Waals surface area contributed by atoms with E-state index in [4.69, 9.17) is 22.2 Å². The number of hydrogen-bond acceptors (Lipinski definition) is 0. The van der Waals surface area contributed by atoms with Gasteiger partial charge in [-0.3, -0.25) is 0 Å². The summed E-state index contributed by atoms with van der Waals surface area (Å²) in [6.07, 6.45) is 0. The minimum absolute atomic E-state index is 1.03. The van der Waals surface area contributed by atoms with Crippen LogP contribution in [-0.4, -0.2) is 7.42 Å². The minimum Gasteiger partial charge on any atom is -0.144 e. The van der Waals surface area contributed by atoms with Crippen LogP contribution in [0, 0.1) is 0 Å². The molecule has 10 heavy (non-hydrogen) atoms. The molecule has 1 rings (SSSR count). The zero-order valence-corrected chi connectivity index (χ0v) is 9.27. The Labute approximate surface area is 79.3 Å². The number of benzene rings is 1. The van der Waals surface area contributed by atoms with Crippen LogP contribution in [0.1, 0.15) is 0 Å². The smallest absolute Gasteiger partial charge is 0.144 e. The van der Waals surface area contributed by atoms with E-state index >= 15 is 0 Å². The molecule has 0 aliphatic rings. The van der Waals surface area contributed by atoms with E-state index in [2.05, 4.69) is 15.9 Å². The lowest BCUT2D eigenvalue weighted by Crippen LogP contribution is -2.16. The van der Waals surface area contributed by atoms with E-state index in [1.54, 1.807) is 0 Å². The van der Waals surface area contributed by atoms with E-state index in [-0.39, 0.29) is 0 Å². The molecule has 0 fully saturated rings. The molecule has 0 spiro atoms. The van der Waals surface area contributed by atoms with Gasteiger partial charge in [0.1, 0.15) is 0 Å². The fourth-order valence-electron chi connectivity index (χ4n) is 0.642. The molecule has 0 saturated carbocycles. The number of hydrogen-bond donors (Lipinski definition) is 0. The van der Waals surface area contributed by atoms with Crippen molar-refractivity contribution < 1.29 is 0 Å². The van der Waals surface area contributed by atoms with E-state index < -0.39 is 7.42 Å². The summed E-state index contributed by atoms with van der Waals surface area (Å²) in [5.41, 5.74) is 0. The van der Waals surface area contributed by atoms with Crippen molar-refractivity contribution in [2.75, 3.05) is 0 Å². The van der Waals surface area contributed by atoms with Crippen molar-refractivity contribution in [2.24, 2.45) is 0 Å². The summed E-state index contributed by atoms with van der Waals surface area (Å²) in [7, 11) is -1.64. The molecule has 0 amide bonds. The Balaban J connectivity index is 2.96. The van der Waals surface area contributed by atoms with Crippen molar-refractivity contribution in [1.29, 1.82) is 0 Å². The molecule has 0 aromatic heterocycles. The molecule has 1 aromatic carbocycles. The van der Waals surface area contributed by atoms with Crippen molar-refractivity contribution in [2.45, 2.75) is 0 Å². The predicted molar refractivity (Wildman–Crippen MR) is 52.6 cm³/mol. The Hall–Kier alpha value is 0.497. The average Bonchev–Trinajstić information content (AvgIpc) is 1.88. The van der Waals surface area contributed by atoms with Gasteiger partial charge in [0.25, 0.3) is 7.42 Å². The first-order chi connectivity index (χ1) is 4.70.